The Morgan fingerprint density at radius 3 is 3.00 bits per heavy atom. The fourth-order valence-electron chi connectivity index (χ4n) is 1.54. The number of aromatic nitrogens is 3. The molecule has 0 atom stereocenters. The van der Waals surface area contributed by atoms with E-state index in [1.54, 1.807) is 0 Å². The number of halogens is 1. The highest BCUT2D eigenvalue weighted by atomic mass is 19.1. The number of nitrogen functional groups attached to an aromatic ring is 1. The number of hydrogen-bond acceptors (Lipinski definition) is 6. The highest BCUT2D eigenvalue weighted by Gasteiger charge is 2.09. The molecule has 110 valence electrons. The molecule has 3 N–H and O–H groups in total. The van der Waals surface area contributed by atoms with E-state index in [1.807, 2.05) is 5.43 Å². The summed E-state index contributed by atoms with van der Waals surface area (Å²) in [5.74, 6) is 3.81. The second kappa shape index (κ2) is 6.57. The fourth-order valence-corrected chi connectivity index (χ4v) is 1.54. The molecule has 0 radical (unpaired) electrons. The smallest absolute Gasteiger partial charge is 0.287 e. The van der Waals surface area contributed by atoms with Crippen LogP contribution in [0.2, 0.25) is 0 Å². The standard InChI is InChI=1S/C12H12FN5O3/c13-9-5-8(7-19)1-2-11(9)21-4-3-18-6-10(16-17-18)12(20)15-14/h1-2,5-7H,3-4,14H2,(H,15,20). The van der Waals surface area contributed by atoms with Gasteiger partial charge in [0, 0.05) is 5.56 Å². The number of nitrogens with zero attached hydrogens (tertiary/aromatic N) is 3. The molecule has 0 saturated heterocycles. The molecule has 0 fully saturated rings. The van der Waals surface area contributed by atoms with Gasteiger partial charge in [-0.2, -0.15) is 0 Å². The quantitative estimate of drug-likeness (QED) is 0.333. The van der Waals surface area contributed by atoms with Crippen molar-refractivity contribution in [2.24, 2.45) is 5.84 Å². The zero-order valence-corrected chi connectivity index (χ0v) is 10.8. The van der Waals surface area contributed by atoms with Gasteiger partial charge in [-0.3, -0.25) is 15.0 Å². The van der Waals surface area contributed by atoms with Crippen LogP contribution in [0.3, 0.4) is 0 Å². The lowest BCUT2D eigenvalue weighted by molar-refractivity contribution is 0.0948. The number of carbonyl (C=O) groups is 2. The first-order valence-electron chi connectivity index (χ1n) is 5.92. The van der Waals surface area contributed by atoms with Crippen LogP contribution in [0.25, 0.3) is 0 Å². The van der Waals surface area contributed by atoms with E-state index in [0.717, 1.165) is 6.07 Å². The number of rotatable bonds is 6. The normalized spacial score (nSPS) is 10.2. The minimum atomic E-state index is -0.624. The van der Waals surface area contributed by atoms with Gasteiger partial charge in [0.05, 0.1) is 12.7 Å². The van der Waals surface area contributed by atoms with Crippen LogP contribution in [0.5, 0.6) is 5.75 Å². The van der Waals surface area contributed by atoms with Gasteiger partial charge >= 0.3 is 0 Å². The van der Waals surface area contributed by atoms with Gasteiger partial charge < -0.3 is 4.74 Å². The minimum absolute atomic E-state index is 0.0284. The highest BCUT2D eigenvalue weighted by molar-refractivity contribution is 5.91. The van der Waals surface area contributed by atoms with Crippen LogP contribution in [0, 0.1) is 5.82 Å². The monoisotopic (exact) mass is 293 g/mol. The van der Waals surface area contributed by atoms with Crippen molar-refractivity contribution in [1.29, 1.82) is 0 Å². The zero-order valence-electron chi connectivity index (χ0n) is 10.8. The molecule has 0 saturated carbocycles. The average molecular weight is 293 g/mol. The predicted octanol–water partition coefficient (Wildman–Crippen LogP) is -0.0878. The molecule has 2 aromatic rings. The third-order valence-electron chi connectivity index (χ3n) is 2.57. The molecule has 8 nitrogen and oxygen atoms in total. The van der Waals surface area contributed by atoms with Gasteiger partial charge in [-0.25, -0.2) is 14.9 Å². The van der Waals surface area contributed by atoms with E-state index in [-0.39, 0.29) is 30.2 Å². The van der Waals surface area contributed by atoms with Crippen molar-refractivity contribution >= 4 is 12.2 Å². The third-order valence-corrected chi connectivity index (χ3v) is 2.57. The SMILES string of the molecule is NNC(=O)c1cn(CCOc2ccc(C=O)cc2F)nn1. The van der Waals surface area contributed by atoms with Crippen LogP contribution in [0.4, 0.5) is 4.39 Å². The van der Waals surface area contributed by atoms with Crippen molar-refractivity contribution in [2.75, 3.05) is 6.61 Å². The summed E-state index contributed by atoms with van der Waals surface area (Å²) in [6, 6.07) is 3.90. The molecule has 0 spiro atoms. The van der Waals surface area contributed by atoms with Crippen LogP contribution in [0.15, 0.2) is 24.4 Å². The minimum Gasteiger partial charge on any atom is -0.489 e. The molecule has 2 rings (SSSR count). The first-order valence-corrected chi connectivity index (χ1v) is 5.92. The van der Waals surface area contributed by atoms with E-state index in [9.17, 15) is 14.0 Å². The lowest BCUT2D eigenvalue weighted by atomic mass is 10.2. The average Bonchev–Trinajstić information content (AvgIpc) is 2.97. The number of nitrogens with two attached hydrogens (primary N) is 1. The summed E-state index contributed by atoms with van der Waals surface area (Å²) < 4.78 is 20.1. The van der Waals surface area contributed by atoms with Gasteiger partial charge in [0.25, 0.3) is 5.91 Å². The van der Waals surface area contributed by atoms with Crippen LogP contribution in [-0.2, 0) is 6.54 Å². The Morgan fingerprint density at radius 2 is 2.33 bits per heavy atom. The molecule has 9 heteroatoms. The number of ether oxygens (including phenoxy) is 1. The second-order valence-electron chi connectivity index (χ2n) is 4.00. The molecule has 0 aliphatic heterocycles. The Morgan fingerprint density at radius 1 is 1.52 bits per heavy atom. The van der Waals surface area contributed by atoms with Gasteiger partial charge in [-0.1, -0.05) is 5.21 Å². The summed E-state index contributed by atoms with van der Waals surface area (Å²) in [6.45, 7) is 0.379. The molecule has 21 heavy (non-hydrogen) atoms. The maximum absolute atomic E-state index is 13.5. The summed E-state index contributed by atoms with van der Waals surface area (Å²) in [5.41, 5.74) is 2.23. The molecule has 0 bridgehead atoms. The summed E-state index contributed by atoms with van der Waals surface area (Å²) in [6.07, 6.45) is 1.93. The van der Waals surface area contributed by atoms with Crippen molar-refractivity contribution in [3.63, 3.8) is 0 Å². The number of aldehydes is 1. The summed E-state index contributed by atoms with van der Waals surface area (Å²) in [4.78, 5) is 21.6. The maximum Gasteiger partial charge on any atom is 0.287 e. The molecule has 0 aliphatic rings. The van der Waals surface area contributed by atoms with E-state index in [0.29, 0.717) is 6.29 Å². The first kappa shape index (κ1) is 14.6. The van der Waals surface area contributed by atoms with Crippen LogP contribution < -0.4 is 16.0 Å². The van der Waals surface area contributed by atoms with E-state index in [2.05, 4.69) is 10.3 Å². The highest BCUT2D eigenvalue weighted by Crippen LogP contribution is 2.17. The first-order chi connectivity index (χ1) is 10.1. The number of amides is 1. The van der Waals surface area contributed by atoms with Crippen LogP contribution in [0.1, 0.15) is 20.8 Å². The summed E-state index contributed by atoms with van der Waals surface area (Å²) in [7, 11) is 0. The number of carbonyl (C=O) groups excluding carboxylic acids is 2. The van der Waals surface area contributed by atoms with E-state index >= 15 is 0 Å². The Balaban J connectivity index is 1.91. The predicted molar refractivity (Wildman–Crippen MR) is 69.0 cm³/mol. The van der Waals surface area contributed by atoms with Crippen molar-refractivity contribution in [3.05, 3.63) is 41.5 Å². The topological polar surface area (TPSA) is 112 Å². The molecule has 1 amide bonds. The number of benzene rings is 1. The Kier molecular flexibility index (Phi) is 4.57. The zero-order chi connectivity index (χ0) is 15.2. The lowest BCUT2D eigenvalue weighted by Crippen LogP contribution is -2.30. The van der Waals surface area contributed by atoms with E-state index < -0.39 is 11.7 Å². The van der Waals surface area contributed by atoms with Crippen molar-refractivity contribution < 1.29 is 18.7 Å². The maximum atomic E-state index is 13.5. The Labute approximate surface area is 118 Å². The van der Waals surface area contributed by atoms with Gasteiger partial charge in [0.15, 0.2) is 17.3 Å². The number of hydrazine groups is 1. The Hall–Kier alpha value is -2.81. The number of hydrogen-bond donors (Lipinski definition) is 2. The molecular formula is C12H12FN5O3. The summed E-state index contributed by atoms with van der Waals surface area (Å²) >= 11 is 0. The van der Waals surface area contributed by atoms with Gasteiger partial charge in [0.1, 0.15) is 12.9 Å². The molecule has 1 aromatic carbocycles. The van der Waals surface area contributed by atoms with Crippen molar-refractivity contribution in [2.45, 2.75) is 6.54 Å². The van der Waals surface area contributed by atoms with Gasteiger partial charge in [-0.15, -0.1) is 5.10 Å². The molecule has 0 aliphatic carbocycles. The van der Waals surface area contributed by atoms with E-state index in [1.165, 1.54) is 23.0 Å². The molecular weight excluding hydrogens is 281 g/mol. The second-order valence-corrected chi connectivity index (χ2v) is 4.00. The lowest BCUT2D eigenvalue weighted by Gasteiger charge is -2.07. The Bertz CT molecular complexity index is 658. The molecule has 0 unspecified atom stereocenters. The fraction of sp³-hybridized carbons (Fsp3) is 0.167. The summed E-state index contributed by atoms with van der Waals surface area (Å²) in [5, 5.41) is 7.30. The van der Waals surface area contributed by atoms with Crippen molar-refractivity contribution in [3.8, 4) is 5.75 Å². The van der Waals surface area contributed by atoms with Gasteiger partial charge in [-0.05, 0) is 18.2 Å². The van der Waals surface area contributed by atoms with Gasteiger partial charge in [0.2, 0.25) is 0 Å². The number of nitrogens with one attached hydrogen (secondary N) is 1. The van der Waals surface area contributed by atoms with Crippen LogP contribution in [-0.4, -0.2) is 33.8 Å². The largest absolute Gasteiger partial charge is 0.489 e. The van der Waals surface area contributed by atoms with Crippen molar-refractivity contribution in [1.82, 2.24) is 20.4 Å². The molecule has 1 heterocycles. The van der Waals surface area contributed by atoms with E-state index in [4.69, 9.17) is 10.6 Å². The third kappa shape index (κ3) is 3.60. The van der Waals surface area contributed by atoms with Crippen LogP contribution >= 0.6 is 0 Å². The molecule has 1 aromatic heterocycles.